The van der Waals surface area contributed by atoms with E-state index in [2.05, 4.69) is 0 Å². The molecule has 0 radical (unpaired) electrons. The van der Waals surface area contributed by atoms with E-state index in [0.717, 1.165) is 10.5 Å². The minimum absolute atomic E-state index is 0.0889. The van der Waals surface area contributed by atoms with Crippen LogP contribution in [0.4, 0.5) is 0 Å². The first-order chi connectivity index (χ1) is 9.47. The number of rotatable bonds is 4. The van der Waals surface area contributed by atoms with Crippen LogP contribution in [0.15, 0.2) is 47.4 Å². The molecule has 104 valence electrons. The molecule has 0 bridgehead atoms. The maximum atomic E-state index is 12.4. The molecular formula is C16H14Cl2OS. The molecule has 0 heterocycles. The minimum Gasteiger partial charge on any atom is -0.293 e. The van der Waals surface area contributed by atoms with Gasteiger partial charge in [-0.2, -0.15) is 0 Å². The summed E-state index contributed by atoms with van der Waals surface area (Å²) in [6, 6.07) is 12.9. The van der Waals surface area contributed by atoms with Gasteiger partial charge in [-0.05, 0) is 32.0 Å². The largest absolute Gasteiger partial charge is 0.293 e. The number of halogens is 2. The number of hydrogen-bond acceptors (Lipinski definition) is 2. The van der Waals surface area contributed by atoms with Crippen molar-refractivity contribution in [2.45, 2.75) is 24.0 Å². The highest BCUT2D eigenvalue weighted by atomic mass is 35.5. The second-order valence-electron chi connectivity index (χ2n) is 4.57. The lowest BCUT2D eigenvalue weighted by Crippen LogP contribution is -2.13. The molecule has 2 aromatic carbocycles. The van der Waals surface area contributed by atoms with Crippen molar-refractivity contribution in [2.75, 3.05) is 0 Å². The van der Waals surface area contributed by atoms with Gasteiger partial charge in [0.05, 0.1) is 10.3 Å². The fourth-order valence-electron chi connectivity index (χ4n) is 1.76. The number of benzene rings is 2. The van der Waals surface area contributed by atoms with E-state index in [-0.39, 0.29) is 11.0 Å². The Labute approximate surface area is 133 Å². The Morgan fingerprint density at radius 1 is 1.10 bits per heavy atom. The number of carbonyl (C=O) groups is 1. The lowest BCUT2D eigenvalue weighted by Gasteiger charge is -2.12. The fourth-order valence-corrected chi connectivity index (χ4v) is 3.25. The molecule has 4 heteroatoms. The number of hydrogen-bond donors (Lipinski definition) is 0. The number of aryl methyl sites for hydroxylation is 1. The Kier molecular flexibility index (Phi) is 5.14. The van der Waals surface area contributed by atoms with E-state index >= 15 is 0 Å². The zero-order chi connectivity index (χ0) is 14.7. The highest BCUT2D eigenvalue weighted by Gasteiger charge is 2.17. The van der Waals surface area contributed by atoms with Crippen LogP contribution in [0.25, 0.3) is 0 Å². The van der Waals surface area contributed by atoms with Gasteiger partial charge in [0.1, 0.15) is 0 Å². The SMILES string of the molecule is Cc1ccc(C(=O)C(C)Sc2cc(Cl)ccc2Cl)cc1. The van der Waals surface area contributed by atoms with Gasteiger partial charge in [0.25, 0.3) is 0 Å². The molecule has 0 aromatic heterocycles. The summed E-state index contributed by atoms with van der Waals surface area (Å²) in [6.45, 7) is 3.88. The summed E-state index contributed by atoms with van der Waals surface area (Å²) < 4.78 is 0. The van der Waals surface area contributed by atoms with Crippen LogP contribution in [-0.2, 0) is 0 Å². The third kappa shape index (κ3) is 3.78. The first-order valence-electron chi connectivity index (χ1n) is 6.20. The van der Waals surface area contributed by atoms with E-state index in [9.17, 15) is 4.79 Å². The van der Waals surface area contributed by atoms with Crippen molar-refractivity contribution < 1.29 is 4.79 Å². The molecule has 1 nitrogen and oxygen atoms in total. The van der Waals surface area contributed by atoms with Crippen LogP contribution in [0.3, 0.4) is 0 Å². The molecule has 1 atom stereocenters. The Morgan fingerprint density at radius 3 is 2.40 bits per heavy atom. The molecular weight excluding hydrogens is 311 g/mol. The van der Waals surface area contributed by atoms with Crippen LogP contribution >= 0.6 is 35.0 Å². The molecule has 20 heavy (non-hydrogen) atoms. The molecule has 2 aromatic rings. The smallest absolute Gasteiger partial charge is 0.175 e. The Morgan fingerprint density at radius 2 is 1.75 bits per heavy atom. The summed E-state index contributed by atoms with van der Waals surface area (Å²) in [7, 11) is 0. The standard InChI is InChI=1S/C16H14Cl2OS/c1-10-3-5-12(6-4-10)16(19)11(2)20-15-9-13(17)7-8-14(15)18/h3-9,11H,1-2H3. The van der Waals surface area contributed by atoms with E-state index in [0.29, 0.717) is 15.6 Å². The van der Waals surface area contributed by atoms with Crippen molar-refractivity contribution in [2.24, 2.45) is 0 Å². The van der Waals surface area contributed by atoms with E-state index in [1.54, 1.807) is 18.2 Å². The molecule has 0 spiro atoms. The van der Waals surface area contributed by atoms with Gasteiger partial charge in [0, 0.05) is 15.5 Å². The summed E-state index contributed by atoms with van der Waals surface area (Å²) in [6.07, 6.45) is 0. The second kappa shape index (κ2) is 6.66. The van der Waals surface area contributed by atoms with Crippen LogP contribution in [0.2, 0.25) is 10.0 Å². The number of carbonyl (C=O) groups excluding carboxylic acids is 1. The molecule has 0 N–H and O–H groups in total. The molecule has 0 amide bonds. The Bertz CT molecular complexity index is 623. The molecule has 1 unspecified atom stereocenters. The Balaban J connectivity index is 2.15. The third-order valence-corrected chi connectivity index (χ3v) is 4.74. The molecule has 0 aliphatic rings. The fraction of sp³-hybridized carbons (Fsp3) is 0.188. The molecule has 0 aliphatic carbocycles. The number of Topliss-reactive ketones (excluding diaryl/α,β-unsaturated/α-hetero) is 1. The maximum absolute atomic E-state index is 12.4. The molecule has 0 fully saturated rings. The van der Waals surface area contributed by atoms with Crippen molar-refractivity contribution in [3.8, 4) is 0 Å². The Hall–Kier alpha value is -0.960. The van der Waals surface area contributed by atoms with Gasteiger partial charge >= 0.3 is 0 Å². The van der Waals surface area contributed by atoms with E-state index in [1.807, 2.05) is 38.1 Å². The average molecular weight is 325 g/mol. The van der Waals surface area contributed by atoms with Crippen molar-refractivity contribution >= 4 is 40.7 Å². The van der Waals surface area contributed by atoms with Crippen molar-refractivity contribution in [1.29, 1.82) is 0 Å². The van der Waals surface area contributed by atoms with Gasteiger partial charge in [-0.3, -0.25) is 4.79 Å². The van der Waals surface area contributed by atoms with Crippen LogP contribution in [0.1, 0.15) is 22.8 Å². The van der Waals surface area contributed by atoms with E-state index < -0.39 is 0 Å². The first kappa shape index (κ1) is 15.4. The number of ketones is 1. The number of thioether (sulfide) groups is 1. The summed E-state index contributed by atoms with van der Waals surface area (Å²) in [5.74, 6) is 0.0889. The van der Waals surface area contributed by atoms with Gasteiger partial charge in [-0.25, -0.2) is 0 Å². The van der Waals surface area contributed by atoms with Crippen molar-refractivity contribution in [1.82, 2.24) is 0 Å². The summed E-state index contributed by atoms with van der Waals surface area (Å²) >= 11 is 13.5. The highest BCUT2D eigenvalue weighted by Crippen LogP contribution is 2.33. The zero-order valence-electron chi connectivity index (χ0n) is 11.2. The molecule has 0 aliphatic heterocycles. The lowest BCUT2D eigenvalue weighted by molar-refractivity contribution is 0.0994. The van der Waals surface area contributed by atoms with Crippen LogP contribution < -0.4 is 0 Å². The van der Waals surface area contributed by atoms with Gasteiger partial charge in [-0.1, -0.05) is 53.0 Å². The maximum Gasteiger partial charge on any atom is 0.175 e. The quantitative estimate of drug-likeness (QED) is 0.532. The van der Waals surface area contributed by atoms with Crippen LogP contribution in [0, 0.1) is 6.92 Å². The summed E-state index contributed by atoms with van der Waals surface area (Å²) in [4.78, 5) is 13.2. The molecule has 0 saturated carbocycles. The monoisotopic (exact) mass is 324 g/mol. The van der Waals surface area contributed by atoms with Crippen LogP contribution in [-0.4, -0.2) is 11.0 Å². The zero-order valence-corrected chi connectivity index (χ0v) is 13.5. The molecule has 0 saturated heterocycles. The summed E-state index contributed by atoms with van der Waals surface area (Å²) in [5.41, 5.74) is 1.86. The minimum atomic E-state index is -0.214. The predicted octanol–water partition coefficient (Wildman–Crippen LogP) is 5.67. The normalized spacial score (nSPS) is 12.2. The highest BCUT2D eigenvalue weighted by molar-refractivity contribution is 8.00. The lowest BCUT2D eigenvalue weighted by atomic mass is 10.1. The van der Waals surface area contributed by atoms with E-state index in [4.69, 9.17) is 23.2 Å². The molecule has 2 rings (SSSR count). The third-order valence-electron chi connectivity index (χ3n) is 2.90. The van der Waals surface area contributed by atoms with Gasteiger partial charge in [0.2, 0.25) is 0 Å². The van der Waals surface area contributed by atoms with Gasteiger partial charge in [0.15, 0.2) is 5.78 Å². The van der Waals surface area contributed by atoms with Crippen LogP contribution in [0.5, 0.6) is 0 Å². The van der Waals surface area contributed by atoms with Gasteiger partial charge < -0.3 is 0 Å². The van der Waals surface area contributed by atoms with Crippen molar-refractivity contribution in [3.05, 3.63) is 63.6 Å². The second-order valence-corrected chi connectivity index (χ2v) is 6.79. The van der Waals surface area contributed by atoms with E-state index in [1.165, 1.54) is 11.8 Å². The first-order valence-corrected chi connectivity index (χ1v) is 7.83. The average Bonchev–Trinajstić information content (AvgIpc) is 2.43. The topological polar surface area (TPSA) is 17.1 Å². The summed E-state index contributed by atoms with van der Waals surface area (Å²) in [5, 5.41) is 1.02. The predicted molar refractivity (Wildman–Crippen MR) is 87.3 cm³/mol. The van der Waals surface area contributed by atoms with Crippen molar-refractivity contribution in [3.63, 3.8) is 0 Å². The van der Waals surface area contributed by atoms with Gasteiger partial charge in [-0.15, -0.1) is 11.8 Å².